The Bertz CT molecular complexity index is 335. The Kier molecular flexibility index (Phi) is 4.95. The highest BCUT2D eigenvalue weighted by Crippen LogP contribution is 2.06. The molecule has 0 radical (unpaired) electrons. The van der Waals surface area contributed by atoms with Gasteiger partial charge in [-0.1, -0.05) is 31.2 Å². The zero-order chi connectivity index (χ0) is 12.0. The second-order valence-electron chi connectivity index (χ2n) is 3.72. The van der Waals surface area contributed by atoms with Gasteiger partial charge in [0.05, 0.1) is 6.04 Å². The van der Waals surface area contributed by atoms with E-state index in [9.17, 15) is 4.79 Å². The van der Waals surface area contributed by atoms with Gasteiger partial charge in [0, 0.05) is 7.05 Å². The maximum absolute atomic E-state index is 11.4. The minimum absolute atomic E-state index is 0.193. The molecule has 1 amide bonds. The van der Waals surface area contributed by atoms with Crippen LogP contribution in [0.15, 0.2) is 24.3 Å². The number of amides is 1. The van der Waals surface area contributed by atoms with E-state index in [4.69, 9.17) is 5.73 Å². The summed E-state index contributed by atoms with van der Waals surface area (Å²) < 4.78 is 0. The number of hydrogen-bond donors (Lipinski definition) is 3. The molecule has 0 aromatic heterocycles. The summed E-state index contributed by atoms with van der Waals surface area (Å²) in [7, 11) is 1.64. The fourth-order valence-corrected chi connectivity index (χ4v) is 1.47. The lowest BCUT2D eigenvalue weighted by Gasteiger charge is -2.11. The van der Waals surface area contributed by atoms with Crippen molar-refractivity contribution in [1.29, 1.82) is 0 Å². The van der Waals surface area contributed by atoms with Gasteiger partial charge in [0.25, 0.3) is 5.91 Å². The van der Waals surface area contributed by atoms with Gasteiger partial charge < -0.3 is 5.73 Å². The molecule has 1 aromatic rings. The molecule has 0 spiro atoms. The molecule has 0 aliphatic rings. The van der Waals surface area contributed by atoms with Crippen molar-refractivity contribution < 1.29 is 4.79 Å². The fourth-order valence-electron chi connectivity index (χ4n) is 1.47. The topological polar surface area (TPSA) is 67.2 Å². The number of rotatable bonds is 5. The highest BCUT2D eigenvalue weighted by atomic mass is 16.2. The second kappa shape index (κ2) is 6.25. The molecule has 0 bridgehead atoms. The molecule has 4 nitrogen and oxygen atoms in total. The van der Waals surface area contributed by atoms with Crippen LogP contribution in [-0.4, -0.2) is 19.0 Å². The molecule has 0 saturated heterocycles. The predicted molar refractivity (Wildman–Crippen MR) is 64.7 cm³/mol. The van der Waals surface area contributed by atoms with Gasteiger partial charge in [0.15, 0.2) is 0 Å². The summed E-state index contributed by atoms with van der Waals surface area (Å²) in [6.45, 7) is 2.11. The summed E-state index contributed by atoms with van der Waals surface area (Å²) in [4.78, 5) is 11.4. The van der Waals surface area contributed by atoms with Crippen LogP contribution in [0.4, 0.5) is 0 Å². The van der Waals surface area contributed by atoms with E-state index in [0.717, 1.165) is 12.0 Å². The molecule has 1 aromatic carbocycles. The Morgan fingerprint density at radius 1 is 1.31 bits per heavy atom. The third kappa shape index (κ3) is 3.64. The lowest BCUT2D eigenvalue weighted by molar-refractivity contribution is -0.123. The van der Waals surface area contributed by atoms with Gasteiger partial charge in [-0.25, -0.2) is 5.43 Å². The number of hydrogen-bond acceptors (Lipinski definition) is 3. The van der Waals surface area contributed by atoms with Gasteiger partial charge in [0.1, 0.15) is 0 Å². The highest BCUT2D eigenvalue weighted by Gasteiger charge is 2.12. The molecular weight excluding hydrogens is 202 g/mol. The highest BCUT2D eigenvalue weighted by molar-refractivity contribution is 5.81. The molecule has 0 aliphatic heterocycles. The van der Waals surface area contributed by atoms with E-state index in [1.54, 1.807) is 7.05 Å². The van der Waals surface area contributed by atoms with Crippen molar-refractivity contribution in [2.24, 2.45) is 5.73 Å². The SMILES string of the molecule is CCc1ccc(CC(N)C(=O)NNC)cc1. The van der Waals surface area contributed by atoms with Gasteiger partial charge in [-0.15, -0.1) is 0 Å². The van der Waals surface area contributed by atoms with Gasteiger partial charge in [-0.2, -0.15) is 0 Å². The van der Waals surface area contributed by atoms with Crippen molar-refractivity contribution in [3.8, 4) is 0 Å². The number of aryl methyl sites for hydroxylation is 1. The molecule has 1 unspecified atom stereocenters. The Hall–Kier alpha value is -1.39. The summed E-state index contributed by atoms with van der Waals surface area (Å²) >= 11 is 0. The van der Waals surface area contributed by atoms with E-state index >= 15 is 0 Å². The summed E-state index contributed by atoms with van der Waals surface area (Å²) in [5.41, 5.74) is 13.2. The smallest absolute Gasteiger partial charge is 0.251 e. The largest absolute Gasteiger partial charge is 0.320 e. The van der Waals surface area contributed by atoms with E-state index in [-0.39, 0.29) is 5.91 Å². The first kappa shape index (κ1) is 12.7. The van der Waals surface area contributed by atoms with Crippen LogP contribution in [0.1, 0.15) is 18.1 Å². The van der Waals surface area contributed by atoms with Crippen molar-refractivity contribution in [2.75, 3.05) is 7.05 Å². The standard InChI is InChI=1S/C12H19N3O/c1-3-9-4-6-10(7-5-9)8-11(13)12(16)15-14-2/h4-7,11,14H,3,8,13H2,1-2H3,(H,15,16). The van der Waals surface area contributed by atoms with Gasteiger partial charge >= 0.3 is 0 Å². The van der Waals surface area contributed by atoms with Gasteiger partial charge in [-0.3, -0.25) is 10.2 Å². The summed E-state index contributed by atoms with van der Waals surface area (Å²) in [5.74, 6) is -0.193. The van der Waals surface area contributed by atoms with Crippen LogP contribution in [0.25, 0.3) is 0 Å². The molecule has 4 N–H and O–H groups in total. The lowest BCUT2D eigenvalue weighted by atomic mass is 10.0. The molecule has 0 saturated carbocycles. The van der Waals surface area contributed by atoms with Crippen molar-refractivity contribution in [3.05, 3.63) is 35.4 Å². The van der Waals surface area contributed by atoms with Crippen LogP contribution < -0.4 is 16.6 Å². The number of carbonyl (C=O) groups excluding carboxylic acids is 1. The van der Waals surface area contributed by atoms with Crippen molar-refractivity contribution in [1.82, 2.24) is 10.9 Å². The fraction of sp³-hybridized carbons (Fsp3) is 0.417. The van der Waals surface area contributed by atoms with E-state index in [1.807, 2.05) is 12.1 Å². The number of benzene rings is 1. The number of hydrazine groups is 1. The summed E-state index contributed by atoms with van der Waals surface area (Å²) in [6, 6.07) is 7.66. The summed E-state index contributed by atoms with van der Waals surface area (Å²) in [6.07, 6.45) is 1.57. The Labute approximate surface area is 96.2 Å². The normalized spacial score (nSPS) is 12.2. The van der Waals surface area contributed by atoms with Crippen LogP contribution >= 0.6 is 0 Å². The quantitative estimate of drug-likeness (QED) is 0.629. The first-order valence-corrected chi connectivity index (χ1v) is 5.47. The molecule has 88 valence electrons. The maximum atomic E-state index is 11.4. The van der Waals surface area contributed by atoms with Crippen LogP contribution in [0, 0.1) is 0 Å². The third-order valence-corrected chi connectivity index (χ3v) is 2.47. The molecule has 1 atom stereocenters. The third-order valence-electron chi connectivity index (χ3n) is 2.47. The van der Waals surface area contributed by atoms with Crippen LogP contribution in [0.3, 0.4) is 0 Å². The minimum atomic E-state index is -0.514. The zero-order valence-corrected chi connectivity index (χ0v) is 9.79. The van der Waals surface area contributed by atoms with Crippen LogP contribution in [-0.2, 0) is 17.6 Å². The van der Waals surface area contributed by atoms with Gasteiger partial charge in [0.2, 0.25) is 0 Å². The average molecular weight is 221 g/mol. The molecule has 0 aliphatic carbocycles. The second-order valence-corrected chi connectivity index (χ2v) is 3.72. The average Bonchev–Trinajstić information content (AvgIpc) is 2.30. The molecule has 0 fully saturated rings. The lowest BCUT2D eigenvalue weighted by Crippen LogP contribution is -2.46. The van der Waals surface area contributed by atoms with Crippen molar-refractivity contribution in [3.63, 3.8) is 0 Å². The monoisotopic (exact) mass is 221 g/mol. The van der Waals surface area contributed by atoms with Crippen LogP contribution in [0.2, 0.25) is 0 Å². The molecule has 1 rings (SSSR count). The zero-order valence-electron chi connectivity index (χ0n) is 9.79. The Balaban J connectivity index is 2.55. The van der Waals surface area contributed by atoms with E-state index in [2.05, 4.69) is 29.9 Å². The van der Waals surface area contributed by atoms with E-state index in [0.29, 0.717) is 6.42 Å². The Morgan fingerprint density at radius 2 is 1.88 bits per heavy atom. The molecule has 0 heterocycles. The Morgan fingerprint density at radius 3 is 2.38 bits per heavy atom. The van der Waals surface area contributed by atoms with Crippen molar-refractivity contribution >= 4 is 5.91 Å². The number of nitrogens with two attached hydrogens (primary N) is 1. The number of nitrogens with one attached hydrogen (secondary N) is 2. The van der Waals surface area contributed by atoms with E-state index in [1.165, 1.54) is 5.56 Å². The summed E-state index contributed by atoms with van der Waals surface area (Å²) in [5, 5.41) is 0. The molecular formula is C12H19N3O. The van der Waals surface area contributed by atoms with Gasteiger partial charge in [-0.05, 0) is 24.0 Å². The number of carbonyl (C=O) groups is 1. The van der Waals surface area contributed by atoms with Crippen molar-refractivity contribution in [2.45, 2.75) is 25.8 Å². The van der Waals surface area contributed by atoms with Crippen LogP contribution in [0.5, 0.6) is 0 Å². The first-order valence-electron chi connectivity index (χ1n) is 5.47. The van der Waals surface area contributed by atoms with E-state index < -0.39 is 6.04 Å². The maximum Gasteiger partial charge on any atom is 0.251 e. The first-order chi connectivity index (χ1) is 7.67. The predicted octanol–water partition coefficient (Wildman–Crippen LogP) is 0.369. The molecule has 4 heteroatoms. The molecule has 16 heavy (non-hydrogen) atoms. The minimum Gasteiger partial charge on any atom is -0.320 e.